The number of nitrogens with one attached hydrogen (secondary N) is 1. The summed E-state index contributed by atoms with van der Waals surface area (Å²) in [7, 11) is 0. The van der Waals surface area contributed by atoms with Crippen molar-refractivity contribution in [2.45, 2.75) is 32.7 Å². The molecule has 1 heterocycles. The lowest BCUT2D eigenvalue weighted by Gasteiger charge is -2.20. The molecule has 1 N–H and O–H groups in total. The molecule has 96 valence electrons. The van der Waals surface area contributed by atoms with Crippen LogP contribution in [0.1, 0.15) is 36.6 Å². The fraction of sp³-hybridized carbons (Fsp3) is 0.375. The highest BCUT2D eigenvalue weighted by atomic mass is 32.1. The van der Waals surface area contributed by atoms with E-state index in [9.17, 15) is 0 Å². The van der Waals surface area contributed by atoms with Crippen LogP contribution in [0.4, 0.5) is 0 Å². The fourth-order valence-corrected chi connectivity index (χ4v) is 3.06. The van der Waals surface area contributed by atoms with Crippen LogP contribution in [0.2, 0.25) is 0 Å². The third-order valence-electron chi connectivity index (χ3n) is 3.28. The Morgan fingerprint density at radius 2 is 2.00 bits per heavy atom. The predicted molar refractivity (Wildman–Crippen MR) is 80.3 cm³/mol. The largest absolute Gasteiger partial charge is 0.310 e. The molecule has 1 nitrogen and oxygen atoms in total. The van der Waals surface area contributed by atoms with Crippen molar-refractivity contribution in [2.75, 3.05) is 6.54 Å². The lowest BCUT2D eigenvalue weighted by molar-refractivity contribution is 0.546. The highest BCUT2D eigenvalue weighted by Crippen LogP contribution is 2.23. The maximum atomic E-state index is 3.62. The quantitative estimate of drug-likeness (QED) is 0.819. The van der Waals surface area contributed by atoms with Crippen LogP contribution in [-0.4, -0.2) is 6.54 Å². The van der Waals surface area contributed by atoms with E-state index in [-0.39, 0.29) is 0 Å². The summed E-state index contributed by atoms with van der Waals surface area (Å²) in [6.07, 6.45) is 2.18. The van der Waals surface area contributed by atoms with E-state index in [1.165, 1.54) is 16.7 Å². The van der Waals surface area contributed by atoms with Crippen LogP contribution in [0.5, 0.6) is 0 Å². The van der Waals surface area contributed by atoms with Gasteiger partial charge in [0.05, 0.1) is 0 Å². The second kappa shape index (κ2) is 6.72. The minimum atomic E-state index is 0.431. The second-order valence-electron chi connectivity index (χ2n) is 4.50. The van der Waals surface area contributed by atoms with Gasteiger partial charge in [0.25, 0.3) is 0 Å². The van der Waals surface area contributed by atoms with Crippen molar-refractivity contribution in [2.24, 2.45) is 0 Å². The van der Waals surface area contributed by atoms with Crippen LogP contribution in [0.3, 0.4) is 0 Å². The zero-order valence-electron chi connectivity index (χ0n) is 11.1. The summed E-state index contributed by atoms with van der Waals surface area (Å²) in [4.78, 5) is 0. The van der Waals surface area contributed by atoms with E-state index in [1.54, 1.807) is 11.3 Å². The number of rotatable bonds is 6. The van der Waals surface area contributed by atoms with Crippen LogP contribution >= 0.6 is 11.3 Å². The molecule has 0 saturated carbocycles. The molecule has 0 bridgehead atoms. The first kappa shape index (κ1) is 13.3. The molecule has 0 saturated heterocycles. The van der Waals surface area contributed by atoms with Crippen molar-refractivity contribution >= 4 is 11.3 Å². The Morgan fingerprint density at radius 1 is 1.17 bits per heavy atom. The van der Waals surface area contributed by atoms with Gasteiger partial charge in [-0.3, -0.25) is 0 Å². The third kappa shape index (κ3) is 3.21. The summed E-state index contributed by atoms with van der Waals surface area (Å²) in [6, 6.07) is 11.4. The average Bonchev–Trinajstić information content (AvgIpc) is 2.91. The maximum Gasteiger partial charge on any atom is 0.0363 e. The summed E-state index contributed by atoms with van der Waals surface area (Å²) in [5.74, 6) is 0. The van der Waals surface area contributed by atoms with Crippen LogP contribution in [0.15, 0.2) is 41.1 Å². The molecule has 0 aliphatic rings. The molecule has 0 radical (unpaired) electrons. The Balaban J connectivity index is 2.23. The maximum absolute atomic E-state index is 3.62. The summed E-state index contributed by atoms with van der Waals surface area (Å²) in [5.41, 5.74) is 4.34. The van der Waals surface area contributed by atoms with Gasteiger partial charge in [-0.15, -0.1) is 0 Å². The second-order valence-corrected chi connectivity index (χ2v) is 5.28. The number of likely N-dealkylation sites (N-methyl/N-ethyl adjacent to an activating group) is 1. The van der Waals surface area contributed by atoms with E-state index in [0.717, 1.165) is 19.4 Å². The number of aryl methyl sites for hydroxylation is 1. The Labute approximate surface area is 114 Å². The number of hydrogen-bond donors (Lipinski definition) is 1. The van der Waals surface area contributed by atoms with Crippen molar-refractivity contribution < 1.29 is 0 Å². The summed E-state index contributed by atoms with van der Waals surface area (Å²) >= 11 is 1.78. The molecule has 1 aromatic carbocycles. The monoisotopic (exact) mass is 259 g/mol. The van der Waals surface area contributed by atoms with E-state index in [2.05, 4.69) is 60.3 Å². The van der Waals surface area contributed by atoms with Gasteiger partial charge in [0.2, 0.25) is 0 Å². The zero-order chi connectivity index (χ0) is 12.8. The van der Waals surface area contributed by atoms with Gasteiger partial charge in [0, 0.05) is 6.04 Å². The number of hydrogen-bond acceptors (Lipinski definition) is 2. The van der Waals surface area contributed by atoms with Gasteiger partial charge in [0.1, 0.15) is 0 Å². The first-order chi connectivity index (χ1) is 8.85. The molecule has 2 aromatic rings. The van der Waals surface area contributed by atoms with Gasteiger partial charge >= 0.3 is 0 Å². The molecule has 0 amide bonds. The van der Waals surface area contributed by atoms with Gasteiger partial charge in [-0.05, 0) is 52.9 Å². The van der Waals surface area contributed by atoms with E-state index in [1.807, 2.05) is 0 Å². The third-order valence-corrected chi connectivity index (χ3v) is 4.01. The highest BCUT2D eigenvalue weighted by molar-refractivity contribution is 7.07. The van der Waals surface area contributed by atoms with E-state index in [0.29, 0.717) is 6.04 Å². The van der Waals surface area contributed by atoms with Crippen LogP contribution in [0, 0.1) is 0 Å². The molecular weight excluding hydrogens is 238 g/mol. The zero-order valence-corrected chi connectivity index (χ0v) is 12.0. The van der Waals surface area contributed by atoms with Gasteiger partial charge in [-0.1, -0.05) is 38.1 Å². The fourth-order valence-electron chi connectivity index (χ4n) is 2.38. The summed E-state index contributed by atoms with van der Waals surface area (Å²) < 4.78 is 0. The van der Waals surface area contributed by atoms with Crippen molar-refractivity contribution in [1.29, 1.82) is 0 Å². The minimum Gasteiger partial charge on any atom is -0.310 e. The average molecular weight is 259 g/mol. The molecule has 2 rings (SSSR count). The SMILES string of the molecule is CCNC(Cc1ccsc1)c1ccccc1CC. The lowest BCUT2D eigenvalue weighted by Crippen LogP contribution is -2.23. The van der Waals surface area contributed by atoms with Gasteiger partial charge in [-0.2, -0.15) is 11.3 Å². The first-order valence-electron chi connectivity index (χ1n) is 6.67. The standard InChI is InChI=1S/C16H21NS/c1-3-14-7-5-6-8-15(14)16(17-4-2)11-13-9-10-18-12-13/h5-10,12,16-17H,3-4,11H2,1-2H3. The van der Waals surface area contributed by atoms with Gasteiger partial charge in [0.15, 0.2) is 0 Å². The highest BCUT2D eigenvalue weighted by Gasteiger charge is 2.14. The predicted octanol–water partition coefficient (Wildman–Crippen LogP) is 4.20. The molecular formula is C16H21NS. The molecule has 1 atom stereocenters. The van der Waals surface area contributed by atoms with Gasteiger partial charge in [-0.25, -0.2) is 0 Å². The smallest absolute Gasteiger partial charge is 0.0363 e. The number of benzene rings is 1. The molecule has 0 aliphatic heterocycles. The molecule has 0 spiro atoms. The topological polar surface area (TPSA) is 12.0 Å². The lowest BCUT2D eigenvalue weighted by atomic mass is 9.94. The molecule has 1 unspecified atom stereocenters. The van der Waals surface area contributed by atoms with E-state index < -0.39 is 0 Å². The summed E-state index contributed by atoms with van der Waals surface area (Å²) in [5, 5.41) is 8.02. The molecule has 18 heavy (non-hydrogen) atoms. The van der Waals surface area contributed by atoms with E-state index >= 15 is 0 Å². The van der Waals surface area contributed by atoms with Crippen molar-refractivity contribution in [3.8, 4) is 0 Å². The Bertz CT molecular complexity index is 462. The molecule has 0 fully saturated rings. The van der Waals surface area contributed by atoms with Crippen LogP contribution in [0.25, 0.3) is 0 Å². The Kier molecular flexibility index (Phi) is 4.97. The number of thiophene rings is 1. The Hall–Kier alpha value is -1.12. The molecule has 2 heteroatoms. The first-order valence-corrected chi connectivity index (χ1v) is 7.61. The van der Waals surface area contributed by atoms with Crippen LogP contribution in [-0.2, 0) is 12.8 Å². The summed E-state index contributed by atoms with van der Waals surface area (Å²) in [6.45, 7) is 5.41. The van der Waals surface area contributed by atoms with Crippen molar-refractivity contribution in [3.05, 3.63) is 57.8 Å². The Morgan fingerprint density at radius 3 is 2.67 bits per heavy atom. The molecule has 1 aromatic heterocycles. The van der Waals surface area contributed by atoms with Crippen molar-refractivity contribution in [1.82, 2.24) is 5.32 Å². The van der Waals surface area contributed by atoms with Crippen molar-refractivity contribution in [3.63, 3.8) is 0 Å². The molecule has 0 aliphatic carbocycles. The van der Waals surface area contributed by atoms with E-state index in [4.69, 9.17) is 0 Å². The van der Waals surface area contributed by atoms with Gasteiger partial charge < -0.3 is 5.32 Å². The minimum absolute atomic E-state index is 0.431. The normalized spacial score (nSPS) is 12.6. The van der Waals surface area contributed by atoms with Crippen LogP contribution < -0.4 is 5.32 Å².